The molecule has 0 aliphatic rings. The van der Waals surface area contributed by atoms with Gasteiger partial charge in [-0.25, -0.2) is 13.2 Å². The van der Waals surface area contributed by atoms with E-state index < -0.39 is 21.7 Å². The Morgan fingerprint density at radius 3 is 2.35 bits per heavy atom. The van der Waals surface area contributed by atoms with Crippen molar-refractivity contribution in [2.75, 3.05) is 18.6 Å². The first-order chi connectivity index (χ1) is 9.19. The number of nitrogens with one attached hydrogen (secondary N) is 1. The molecule has 0 aliphatic carbocycles. The van der Waals surface area contributed by atoms with Crippen LogP contribution in [0.4, 0.5) is 0 Å². The van der Waals surface area contributed by atoms with E-state index >= 15 is 0 Å². The number of carbonyl (C=O) groups excluding carboxylic acids is 1. The van der Waals surface area contributed by atoms with Crippen LogP contribution in [0.15, 0.2) is 18.2 Å². The number of benzene rings is 1. The first-order valence-electron chi connectivity index (χ1n) is 6.00. The van der Waals surface area contributed by atoms with Gasteiger partial charge in [0.1, 0.15) is 9.84 Å². The Balaban J connectivity index is 2.66. The van der Waals surface area contributed by atoms with Crippen LogP contribution in [0.25, 0.3) is 0 Å². The zero-order valence-corrected chi connectivity index (χ0v) is 12.2. The Morgan fingerprint density at radius 2 is 1.80 bits per heavy atom. The van der Waals surface area contributed by atoms with Crippen LogP contribution in [0.2, 0.25) is 0 Å². The predicted octanol–water partition coefficient (Wildman–Crippen LogP) is 0.858. The fourth-order valence-corrected chi connectivity index (χ4v) is 2.34. The summed E-state index contributed by atoms with van der Waals surface area (Å²) in [4.78, 5) is 22.7. The Kier molecular flexibility index (Phi) is 5.26. The fourth-order valence-electron chi connectivity index (χ4n) is 1.68. The third-order valence-electron chi connectivity index (χ3n) is 2.56. The highest BCUT2D eigenvalue weighted by Crippen LogP contribution is 2.10. The molecular weight excluding hydrogens is 282 g/mol. The third-order valence-corrected chi connectivity index (χ3v) is 3.59. The standard InChI is InChI=1S/C13H17NO5S/c1-9-6-10(8-11(7-9)13(16)17)12(15)14-4-3-5-20(2,18)19/h6-8H,3-5H2,1-2H3,(H,14,15)(H,16,17). The minimum Gasteiger partial charge on any atom is -0.478 e. The lowest BCUT2D eigenvalue weighted by Crippen LogP contribution is -2.26. The topological polar surface area (TPSA) is 101 Å². The largest absolute Gasteiger partial charge is 0.478 e. The van der Waals surface area contributed by atoms with E-state index in [0.29, 0.717) is 12.0 Å². The molecule has 2 N–H and O–H groups in total. The molecule has 0 fully saturated rings. The molecule has 0 unspecified atom stereocenters. The summed E-state index contributed by atoms with van der Waals surface area (Å²) in [6.45, 7) is 1.93. The Bertz CT molecular complexity index is 622. The first kappa shape index (κ1) is 16.2. The maximum Gasteiger partial charge on any atom is 0.335 e. The molecule has 7 heteroatoms. The van der Waals surface area contributed by atoms with Gasteiger partial charge in [0.25, 0.3) is 5.91 Å². The molecule has 0 spiro atoms. The molecule has 0 bridgehead atoms. The lowest BCUT2D eigenvalue weighted by Gasteiger charge is -2.07. The highest BCUT2D eigenvalue weighted by Gasteiger charge is 2.11. The third kappa shape index (κ3) is 5.40. The number of sulfone groups is 1. The van der Waals surface area contributed by atoms with Crippen LogP contribution in [-0.2, 0) is 9.84 Å². The van der Waals surface area contributed by atoms with Crippen LogP contribution >= 0.6 is 0 Å². The summed E-state index contributed by atoms with van der Waals surface area (Å²) in [5.74, 6) is -1.51. The van der Waals surface area contributed by atoms with Crippen molar-refractivity contribution < 1.29 is 23.1 Å². The molecule has 0 radical (unpaired) electrons. The number of carboxylic acid groups (broad SMARTS) is 1. The van der Waals surface area contributed by atoms with Gasteiger partial charge in [0, 0.05) is 18.4 Å². The second-order valence-corrected chi connectivity index (χ2v) is 6.89. The number of carboxylic acids is 1. The van der Waals surface area contributed by atoms with E-state index in [1.54, 1.807) is 13.0 Å². The molecule has 0 atom stereocenters. The van der Waals surface area contributed by atoms with E-state index in [1.807, 2.05) is 0 Å². The van der Waals surface area contributed by atoms with Crippen LogP contribution in [0.1, 0.15) is 32.7 Å². The highest BCUT2D eigenvalue weighted by atomic mass is 32.2. The second kappa shape index (κ2) is 6.51. The lowest BCUT2D eigenvalue weighted by atomic mass is 10.1. The molecule has 6 nitrogen and oxygen atoms in total. The van der Waals surface area contributed by atoms with Crippen molar-refractivity contribution >= 4 is 21.7 Å². The van der Waals surface area contributed by atoms with Gasteiger partial charge >= 0.3 is 5.97 Å². The summed E-state index contributed by atoms with van der Waals surface area (Å²) in [6.07, 6.45) is 1.46. The fraction of sp³-hybridized carbons (Fsp3) is 0.385. The molecule has 20 heavy (non-hydrogen) atoms. The van der Waals surface area contributed by atoms with Crippen molar-refractivity contribution in [3.8, 4) is 0 Å². The van der Waals surface area contributed by atoms with Crippen molar-refractivity contribution in [1.29, 1.82) is 0 Å². The molecule has 0 aliphatic heterocycles. The van der Waals surface area contributed by atoms with Crippen molar-refractivity contribution in [3.05, 3.63) is 34.9 Å². The molecule has 1 aromatic carbocycles. The van der Waals surface area contributed by atoms with Gasteiger partial charge in [-0.3, -0.25) is 4.79 Å². The summed E-state index contributed by atoms with van der Waals surface area (Å²) in [5, 5.41) is 11.5. The molecule has 0 saturated heterocycles. The van der Waals surface area contributed by atoms with Gasteiger partial charge in [-0.2, -0.15) is 0 Å². The highest BCUT2D eigenvalue weighted by molar-refractivity contribution is 7.90. The first-order valence-corrected chi connectivity index (χ1v) is 8.06. The molecule has 110 valence electrons. The number of hydrogen-bond donors (Lipinski definition) is 2. The summed E-state index contributed by atoms with van der Waals surface area (Å²) in [5.41, 5.74) is 0.972. The van der Waals surface area contributed by atoms with Gasteiger partial charge in [0.05, 0.1) is 11.3 Å². The van der Waals surface area contributed by atoms with Gasteiger partial charge < -0.3 is 10.4 Å². The average Bonchev–Trinajstić information content (AvgIpc) is 2.32. The number of rotatable bonds is 6. The van der Waals surface area contributed by atoms with E-state index in [9.17, 15) is 18.0 Å². The lowest BCUT2D eigenvalue weighted by molar-refractivity contribution is 0.0696. The summed E-state index contributed by atoms with van der Waals surface area (Å²) >= 11 is 0. The van der Waals surface area contributed by atoms with E-state index in [0.717, 1.165) is 6.26 Å². The molecule has 1 rings (SSSR count). The minimum atomic E-state index is -3.04. The van der Waals surface area contributed by atoms with E-state index in [4.69, 9.17) is 5.11 Å². The van der Waals surface area contributed by atoms with Crippen LogP contribution in [0.5, 0.6) is 0 Å². The van der Waals surface area contributed by atoms with Gasteiger partial charge in [-0.15, -0.1) is 0 Å². The molecule has 1 amide bonds. The molecule has 0 saturated carbocycles. The maximum atomic E-state index is 11.8. The summed E-state index contributed by atoms with van der Waals surface area (Å²) in [7, 11) is -3.04. The SMILES string of the molecule is Cc1cc(C(=O)O)cc(C(=O)NCCCS(C)(=O)=O)c1. The smallest absolute Gasteiger partial charge is 0.335 e. The molecule has 0 aromatic heterocycles. The van der Waals surface area contributed by atoms with Crippen molar-refractivity contribution in [2.45, 2.75) is 13.3 Å². The number of aryl methyl sites for hydroxylation is 1. The van der Waals surface area contributed by atoms with Crippen molar-refractivity contribution in [1.82, 2.24) is 5.32 Å². The normalized spacial score (nSPS) is 11.1. The zero-order chi connectivity index (χ0) is 15.3. The maximum absolute atomic E-state index is 11.8. The van der Waals surface area contributed by atoms with E-state index in [1.165, 1.54) is 12.1 Å². The van der Waals surface area contributed by atoms with Gasteiger partial charge in [0.15, 0.2) is 0 Å². The number of amides is 1. The van der Waals surface area contributed by atoms with Crippen LogP contribution < -0.4 is 5.32 Å². The second-order valence-electron chi connectivity index (χ2n) is 4.63. The van der Waals surface area contributed by atoms with Crippen LogP contribution in [0.3, 0.4) is 0 Å². The van der Waals surface area contributed by atoms with Gasteiger partial charge in [-0.05, 0) is 37.1 Å². The van der Waals surface area contributed by atoms with Crippen molar-refractivity contribution in [2.24, 2.45) is 0 Å². The zero-order valence-electron chi connectivity index (χ0n) is 11.3. The quantitative estimate of drug-likeness (QED) is 0.759. The number of aromatic carboxylic acids is 1. The molecule has 1 aromatic rings. The Hall–Kier alpha value is -1.89. The average molecular weight is 299 g/mol. The van der Waals surface area contributed by atoms with Gasteiger partial charge in [-0.1, -0.05) is 0 Å². The number of hydrogen-bond acceptors (Lipinski definition) is 4. The van der Waals surface area contributed by atoms with Crippen molar-refractivity contribution in [3.63, 3.8) is 0 Å². The molecule has 0 heterocycles. The monoisotopic (exact) mass is 299 g/mol. The summed E-state index contributed by atoms with van der Waals surface area (Å²) in [6, 6.07) is 4.35. The minimum absolute atomic E-state index is 0.00146. The Labute approximate surface area is 117 Å². The Morgan fingerprint density at radius 1 is 1.20 bits per heavy atom. The summed E-state index contributed by atoms with van der Waals surface area (Å²) < 4.78 is 21.9. The van der Waals surface area contributed by atoms with E-state index in [-0.39, 0.29) is 23.4 Å². The van der Waals surface area contributed by atoms with Gasteiger partial charge in [0.2, 0.25) is 0 Å². The predicted molar refractivity (Wildman–Crippen MR) is 74.8 cm³/mol. The van der Waals surface area contributed by atoms with Crippen LogP contribution in [-0.4, -0.2) is 44.0 Å². The van der Waals surface area contributed by atoms with Crippen LogP contribution in [0, 0.1) is 6.92 Å². The van der Waals surface area contributed by atoms with E-state index in [2.05, 4.69) is 5.32 Å². The number of carbonyl (C=O) groups is 2. The molecular formula is C13H17NO5S.